The van der Waals surface area contributed by atoms with Crippen molar-refractivity contribution in [3.05, 3.63) is 33.6 Å². The van der Waals surface area contributed by atoms with Gasteiger partial charge in [-0.3, -0.25) is 0 Å². The Balaban J connectivity index is 2.31. The lowest BCUT2D eigenvalue weighted by molar-refractivity contribution is 0.579. The second kappa shape index (κ2) is 6.02. The number of nitrogens with zero attached hydrogens (tertiary/aromatic N) is 3. The lowest BCUT2D eigenvalue weighted by Gasteiger charge is -2.10. The molecule has 0 aliphatic rings. The molecule has 0 bridgehead atoms. The number of halogens is 2. The third kappa shape index (κ3) is 3.25. The molecule has 20 heavy (non-hydrogen) atoms. The molecule has 0 radical (unpaired) electrons. The van der Waals surface area contributed by atoms with Gasteiger partial charge in [0.25, 0.3) is 0 Å². The zero-order chi connectivity index (χ0) is 14.8. The van der Waals surface area contributed by atoms with Crippen molar-refractivity contribution in [3.8, 4) is 0 Å². The Labute approximate surface area is 124 Å². The van der Waals surface area contributed by atoms with Gasteiger partial charge in [0.1, 0.15) is 4.90 Å². The highest BCUT2D eigenvalue weighted by Crippen LogP contribution is 2.29. The number of H-pyrrole nitrogens is 1. The maximum Gasteiger partial charge on any atom is 0.242 e. The second-order valence-corrected chi connectivity index (χ2v) is 6.28. The molecule has 0 fully saturated rings. The fourth-order valence-corrected chi connectivity index (χ4v) is 3.38. The number of hydrogen-bond donors (Lipinski definition) is 3. The third-order valence-electron chi connectivity index (χ3n) is 2.40. The molecule has 0 saturated heterocycles. The molecule has 11 heteroatoms. The monoisotopic (exact) mass is 336 g/mol. The number of sulfonamides is 1. The Morgan fingerprint density at radius 1 is 1.35 bits per heavy atom. The van der Waals surface area contributed by atoms with Crippen LogP contribution in [0.4, 0.5) is 0 Å². The van der Waals surface area contributed by atoms with E-state index in [0.717, 1.165) is 0 Å². The van der Waals surface area contributed by atoms with Crippen molar-refractivity contribution < 1.29 is 8.42 Å². The molecule has 0 saturated carbocycles. The summed E-state index contributed by atoms with van der Waals surface area (Å²) in [6.07, 6.45) is 0. The van der Waals surface area contributed by atoms with E-state index in [1.54, 1.807) is 0 Å². The van der Waals surface area contributed by atoms with E-state index in [1.165, 1.54) is 12.1 Å². The smallest absolute Gasteiger partial charge is 0.242 e. The van der Waals surface area contributed by atoms with Crippen molar-refractivity contribution in [2.75, 3.05) is 0 Å². The van der Waals surface area contributed by atoms with Crippen LogP contribution in [0.2, 0.25) is 10.0 Å². The molecule has 0 spiro atoms. The average Bonchev–Trinajstić information content (AvgIpc) is 2.92. The van der Waals surface area contributed by atoms with Gasteiger partial charge < -0.3 is 5.73 Å². The standard InChI is InChI=1S/C9H10Cl2N6O2S/c10-6-1-5(3-12)9(11)7(2-6)20(18,19)13-4-8-14-16-17-15-8/h1-2,13H,3-4,12H2,(H,14,15,16,17). The molecule has 0 amide bonds. The van der Waals surface area contributed by atoms with Crippen molar-refractivity contribution in [1.29, 1.82) is 0 Å². The average molecular weight is 337 g/mol. The SMILES string of the molecule is NCc1cc(Cl)cc(S(=O)(=O)NCc2nn[nH]n2)c1Cl. The van der Waals surface area contributed by atoms with E-state index in [9.17, 15) is 8.42 Å². The third-order valence-corrected chi connectivity index (χ3v) is 4.60. The van der Waals surface area contributed by atoms with E-state index in [4.69, 9.17) is 28.9 Å². The molecule has 2 aromatic rings. The minimum absolute atomic E-state index is 0.0394. The van der Waals surface area contributed by atoms with Crippen molar-refractivity contribution in [3.63, 3.8) is 0 Å². The predicted octanol–water partition coefficient (Wildman–Crippen LogP) is 0.444. The summed E-state index contributed by atoms with van der Waals surface area (Å²) in [5.41, 5.74) is 5.94. The van der Waals surface area contributed by atoms with Gasteiger partial charge in [0, 0.05) is 11.6 Å². The Kier molecular flexibility index (Phi) is 4.55. The number of aromatic nitrogens is 4. The maximum absolute atomic E-state index is 12.2. The molecule has 8 nitrogen and oxygen atoms in total. The van der Waals surface area contributed by atoms with Crippen LogP contribution in [0.15, 0.2) is 17.0 Å². The van der Waals surface area contributed by atoms with Crippen LogP contribution >= 0.6 is 23.2 Å². The van der Waals surface area contributed by atoms with Crippen LogP contribution in [0.5, 0.6) is 0 Å². The topological polar surface area (TPSA) is 127 Å². The van der Waals surface area contributed by atoms with Gasteiger partial charge >= 0.3 is 0 Å². The highest BCUT2D eigenvalue weighted by molar-refractivity contribution is 7.89. The van der Waals surface area contributed by atoms with Gasteiger partial charge in [-0.15, -0.1) is 10.2 Å². The molecule has 0 aliphatic heterocycles. The molecule has 4 N–H and O–H groups in total. The van der Waals surface area contributed by atoms with Gasteiger partial charge in [0.05, 0.1) is 11.6 Å². The fourth-order valence-electron chi connectivity index (χ4n) is 1.46. The summed E-state index contributed by atoms with van der Waals surface area (Å²) in [6, 6.07) is 2.77. The molecule has 0 aliphatic carbocycles. The summed E-state index contributed by atoms with van der Waals surface area (Å²) in [5, 5.41) is 13.1. The van der Waals surface area contributed by atoms with Gasteiger partial charge in [0.15, 0.2) is 5.82 Å². The summed E-state index contributed by atoms with van der Waals surface area (Å²) in [7, 11) is -3.87. The number of hydrogen-bond acceptors (Lipinski definition) is 6. The van der Waals surface area contributed by atoms with E-state index in [0.29, 0.717) is 5.56 Å². The van der Waals surface area contributed by atoms with Gasteiger partial charge in [-0.1, -0.05) is 28.4 Å². The minimum Gasteiger partial charge on any atom is -0.326 e. The number of aromatic amines is 1. The first-order chi connectivity index (χ1) is 9.44. The summed E-state index contributed by atoms with van der Waals surface area (Å²) in [6.45, 7) is -0.0492. The van der Waals surface area contributed by atoms with Crippen molar-refractivity contribution in [2.45, 2.75) is 18.0 Å². The largest absolute Gasteiger partial charge is 0.326 e. The Morgan fingerprint density at radius 3 is 2.70 bits per heavy atom. The summed E-state index contributed by atoms with van der Waals surface area (Å²) >= 11 is 11.9. The van der Waals surface area contributed by atoms with E-state index < -0.39 is 10.0 Å². The quantitative estimate of drug-likeness (QED) is 0.727. The molecule has 2 rings (SSSR count). The Bertz CT molecular complexity index is 703. The first-order valence-corrected chi connectivity index (χ1v) is 7.58. The van der Waals surface area contributed by atoms with Gasteiger partial charge in [-0.2, -0.15) is 5.21 Å². The molecular weight excluding hydrogens is 327 g/mol. The fraction of sp³-hybridized carbons (Fsp3) is 0.222. The van der Waals surface area contributed by atoms with Gasteiger partial charge in [0.2, 0.25) is 10.0 Å². The Hall–Kier alpha value is -1.26. The van der Waals surface area contributed by atoms with E-state index in [2.05, 4.69) is 25.3 Å². The van der Waals surface area contributed by atoms with E-state index >= 15 is 0 Å². The zero-order valence-corrected chi connectivity index (χ0v) is 12.3. The lowest BCUT2D eigenvalue weighted by atomic mass is 10.2. The second-order valence-electron chi connectivity index (χ2n) is 3.73. The van der Waals surface area contributed by atoms with Gasteiger partial charge in [-0.05, 0) is 17.7 Å². The van der Waals surface area contributed by atoms with Crippen LogP contribution < -0.4 is 10.5 Å². The number of nitrogens with two attached hydrogens (primary N) is 1. The van der Waals surface area contributed by atoms with Crippen LogP contribution in [0, 0.1) is 0 Å². The Morgan fingerprint density at radius 2 is 2.10 bits per heavy atom. The highest BCUT2D eigenvalue weighted by atomic mass is 35.5. The number of rotatable bonds is 5. The summed E-state index contributed by atoms with van der Waals surface area (Å²) in [5.74, 6) is 0.200. The van der Waals surface area contributed by atoms with Gasteiger partial charge in [-0.25, -0.2) is 13.1 Å². The van der Waals surface area contributed by atoms with E-state index in [1.807, 2.05) is 0 Å². The highest BCUT2D eigenvalue weighted by Gasteiger charge is 2.21. The van der Waals surface area contributed by atoms with Crippen LogP contribution in [0.25, 0.3) is 0 Å². The zero-order valence-electron chi connectivity index (χ0n) is 9.97. The maximum atomic E-state index is 12.2. The number of benzene rings is 1. The number of nitrogens with one attached hydrogen (secondary N) is 2. The first-order valence-electron chi connectivity index (χ1n) is 5.34. The molecule has 1 aromatic carbocycles. The van der Waals surface area contributed by atoms with Crippen LogP contribution in [0.3, 0.4) is 0 Å². The molecule has 0 atom stereocenters. The predicted molar refractivity (Wildman–Crippen MR) is 72.6 cm³/mol. The normalized spacial score (nSPS) is 11.8. The van der Waals surface area contributed by atoms with Crippen molar-refractivity contribution in [1.82, 2.24) is 25.3 Å². The van der Waals surface area contributed by atoms with Crippen LogP contribution in [0.1, 0.15) is 11.4 Å². The van der Waals surface area contributed by atoms with Crippen LogP contribution in [-0.2, 0) is 23.1 Å². The van der Waals surface area contributed by atoms with Crippen molar-refractivity contribution in [2.24, 2.45) is 5.73 Å². The molecule has 1 aromatic heterocycles. The lowest BCUT2D eigenvalue weighted by Crippen LogP contribution is -2.24. The molecule has 108 valence electrons. The van der Waals surface area contributed by atoms with Crippen molar-refractivity contribution >= 4 is 33.2 Å². The minimum atomic E-state index is -3.87. The molecular formula is C9H10Cl2N6O2S. The number of tetrazole rings is 1. The summed E-state index contributed by atoms with van der Waals surface area (Å²) in [4.78, 5) is -0.143. The molecule has 0 unspecified atom stereocenters. The first kappa shape index (κ1) is 15.1. The molecule has 1 heterocycles. The van der Waals surface area contributed by atoms with E-state index in [-0.39, 0.29) is 33.9 Å². The van der Waals surface area contributed by atoms with Crippen LogP contribution in [-0.4, -0.2) is 29.0 Å². The summed E-state index contributed by atoms with van der Waals surface area (Å²) < 4.78 is 26.7.